The van der Waals surface area contributed by atoms with Crippen molar-refractivity contribution in [1.82, 2.24) is 9.97 Å². The van der Waals surface area contributed by atoms with Gasteiger partial charge in [-0.25, -0.2) is 0 Å². The second kappa shape index (κ2) is 12.7. The SMILES string of the molecule is CCC.CCc1ccccn1.CCc1ccccn1. The van der Waals surface area contributed by atoms with Gasteiger partial charge in [0.15, 0.2) is 0 Å². The molecule has 0 atom stereocenters. The smallest absolute Gasteiger partial charge is 0.0400 e. The summed E-state index contributed by atoms with van der Waals surface area (Å²) in [5, 5.41) is 0. The van der Waals surface area contributed by atoms with Crippen molar-refractivity contribution in [3.8, 4) is 0 Å². The average molecular weight is 258 g/mol. The molecule has 2 nitrogen and oxygen atoms in total. The number of hydrogen-bond acceptors (Lipinski definition) is 2. The largest absolute Gasteiger partial charge is 0.261 e. The van der Waals surface area contributed by atoms with Gasteiger partial charge in [-0.2, -0.15) is 0 Å². The van der Waals surface area contributed by atoms with Crippen LogP contribution in [0.5, 0.6) is 0 Å². The summed E-state index contributed by atoms with van der Waals surface area (Å²) in [7, 11) is 0. The van der Waals surface area contributed by atoms with Crippen LogP contribution in [0.15, 0.2) is 48.8 Å². The molecule has 2 heterocycles. The van der Waals surface area contributed by atoms with Crippen molar-refractivity contribution in [2.45, 2.75) is 47.0 Å². The van der Waals surface area contributed by atoms with Crippen LogP contribution in [-0.4, -0.2) is 9.97 Å². The molecule has 2 aromatic heterocycles. The van der Waals surface area contributed by atoms with Gasteiger partial charge >= 0.3 is 0 Å². The molecule has 104 valence electrons. The second-order valence-electron chi connectivity index (χ2n) is 4.06. The summed E-state index contributed by atoms with van der Waals surface area (Å²) in [5.41, 5.74) is 2.32. The summed E-state index contributed by atoms with van der Waals surface area (Å²) in [5.74, 6) is 0. The van der Waals surface area contributed by atoms with Crippen LogP contribution < -0.4 is 0 Å². The summed E-state index contributed by atoms with van der Waals surface area (Å²) in [6.07, 6.45) is 6.94. The molecule has 0 radical (unpaired) electrons. The van der Waals surface area contributed by atoms with E-state index in [1.54, 1.807) is 0 Å². The van der Waals surface area contributed by atoms with Crippen molar-refractivity contribution in [2.24, 2.45) is 0 Å². The Morgan fingerprint density at radius 3 is 1.21 bits per heavy atom. The quantitative estimate of drug-likeness (QED) is 0.780. The highest BCUT2D eigenvalue weighted by molar-refractivity contribution is 5.03. The highest BCUT2D eigenvalue weighted by Crippen LogP contribution is 1.92. The van der Waals surface area contributed by atoms with E-state index < -0.39 is 0 Å². The monoisotopic (exact) mass is 258 g/mol. The molecular formula is C17H26N2. The first kappa shape index (κ1) is 17.3. The number of aromatic nitrogens is 2. The first-order chi connectivity index (χ1) is 9.28. The Morgan fingerprint density at radius 2 is 1.05 bits per heavy atom. The van der Waals surface area contributed by atoms with Crippen LogP contribution in [0.3, 0.4) is 0 Å². The molecule has 2 aromatic rings. The maximum absolute atomic E-state index is 4.10. The zero-order chi connectivity index (χ0) is 14.3. The Hall–Kier alpha value is -1.70. The standard InChI is InChI=1S/2C7H9N.C3H8/c2*1-2-7-5-3-4-6-8-7;1-3-2/h2*3-6H,2H2,1H3;3H2,1-2H3. The average Bonchev–Trinajstić information content (AvgIpc) is 2.50. The van der Waals surface area contributed by atoms with Crippen LogP contribution in [0.25, 0.3) is 0 Å². The molecule has 19 heavy (non-hydrogen) atoms. The maximum Gasteiger partial charge on any atom is 0.0400 e. The molecule has 0 saturated carbocycles. The fourth-order valence-electron chi connectivity index (χ4n) is 1.21. The predicted molar refractivity (Wildman–Crippen MR) is 83.2 cm³/mol. The van der Waals surface area contributed by atoms with Crippen molar-refractivity contribution >= 4 is 0 Å². The van der Waals surface area contributed by atoms with Crippen LogP contribution >= 0.6 is 0 Å². The number of aryl methyl sites for hydroxylation is 2. The zero-order valence-corrected chi connectivity index (χ0v) is 12.6. The third-order valence-corrected chi connectivity index (χ3v) is 2.18. The number of pyridine rings is 2. The van der Waals surface area contributed by atoms with Gasteiger partial charge in [0.25, 0.3) is 0 Å². The molecule has 0 aromatic carbocycles. The fourth-order valence-corrected chi connectivity index (χ4v) is 1.21. The van der Waals surface area contributed by atoms with Gasteiger partial charge in [-0.15, -0.1) is 0 Å². The second-order valence-corrected chi connectivity index (χ2v) is 4.06. The molecule has 0 aliphatic rings. The van der Waals surface area contributed by atoms with Gasteiger partial charge in [0.05, 0.1) is 0 Å². The van der Waals surface area contributed by atoms with E-state index in [1.165, 1.54) is 6.42 Å². The Balaban J connectivity index is 0.000000284. The van der Waals surface area contributed by atoms with Crippen molar-refractivity contribution in [1.29, 1.82) is 0 Å². The van der Waals surface area contributed by atoms with E-state index in [0.29, 0.717) is 0 Å². The Labute approximate surface area is 117 Å². The van der Waals surface area contributed by atoms with Gasteiger partial charge in [0.1, 0.15) is 0 Å². The van der Waals surface area contributed by atoms with Gasteiger partial charge in [-0.1, -0.05) is 46.2 Å². The van der Waals surface area contributed by atoms with Crippen molar-refractivity contribution in [2.75, 3.05) is 0 Å². The molecule has 0 bridgehead atoms. The zero-order valence-electron chi connectivity index (χ0n) is 12.6. The van der Waals surface area contributed by atoms with Gasteiger partial charge < -0.3 is 0 Å². The van der Waals surface area contributed by atoms with Crippen LogP contribution in [-0.2, 0) is 12.8 Å². The third kappa shape index (κ3) is 9.95. The van der Waals surface area contributed by atoms with E-state index in [0.717, 1.165) is 24.2 Å². The molecule has 0 unspecified atom stereocenters. The predicted octanol–water partition coefficient (Wildman–Crippen LogP) is 4.70. The highest BCUT2D eigenvalue weighted by Gasteiger charge is 1.82. The lowest BCUT2D eigenvalue weighted by molar-refractivity contribution is 1.04. The van der Waals surface area contributed by atoms with Crippen LogP contribution in [0, 0.1) is 0 Å². The van der Waals surface area contributed by atoms with Crippen LogP contribution in [0.1, 0.15) is 45.5 Å². The lowest BCUT2D eigenvalue weighted by Crippen LogP contribution is -1.81. The van der Waals surface area contributed by atoms with E-state index in [-0.39, 0.29) is 0 Å². The topological polar surface area (TPSA) is 25.8 Å². The first-order valence-electron chi connectivity index (χ1n) is 7.08. The third-order valence-electron chi connectivity index (χ3n) is 2.18. The Morgan fingerprint density at radius 1 is 0.684 bits per heavy atom. The van der Waals surface area contributed by atoms with E-state index >= 15 is 0 Å². The van der Waals surface area contributed by atoms with E-state index in [9.17, 15) is 0 Å². The molecule has 0 spiro atoms. The van der Waals surface area contributed by atoms with Crippen molar-refractivity contribution in [3.05, 3.63) is 60.2 Å². The minimum absolute atomic E-state index is 1.03. The van der Waals surface area contributed by atoms with Crippen molar-refractivity contribution in [3.63, 3.8) is 0 Å². The molecule has 0 N–H and O–H groups in total. The van der Waals surface area contributed by atoms with Crippen LogP contribution in [0.4, 0.5) is 0 Å². The molecule has 2 rings (SSSR count). The molecular weight excluding hydrogens is 232 g/mol. The van der Waals surface area contributed by atoms with E-state index in [1.807, 2.05) is 48.8 Å². The summed E-state index contributed by atoms with van der Waals surface area (Å²) in [6.45, 7) is 8.45. The highest BCUT2D eigenvalue weighted by atomic mass is 14.7. The number of hydrogen-bond donors (Lipinski definition) is 0. The maximum atomic E-state index is 4.10. The Bertz CT molecular complexity index is 345. The first-order valence-corrected chi connectivity index (χ1v) is 7.08. The summed E-state index contributed by atoms with van der Waals surface area (Å²) < 4.78 is 0. The molecule has 2 heteroatoms. The summed E-state index contributed by atoms with van der Waals surface area (Å²) >= 11 is 0. The lowest BCUT2D eigenvalue weighted by Gasteiger charge is -1.88. The number of nitrogens with zero attached hydrogens (tertiary/aromatic N) is 2. The van der Waals surface area contributed by atoms with E-state index in [4.69, 9.17) is 0 Å². The summed E-state index contributed by atoms with van der Waals surface area (Å²) in [6, 6.07) is 11.9. The van der Waals surface area contributed by atoms with Gasteiger partial charge in [-0.05, 0) is 37.1 Å². The minimum Gasteiger partial charge on any atom is -0.261 e. The summed E-state index contributed by atoms with van der Waals surface area (Å²) in [4.78, 5) is 8.19. The Kier molecular flexibility index (Phi) is 11.6. The van der Waals surface area contributed by atoms with E-state index in [2.05, 4.69) is 37.7 Å². The van der Waals surface area contributed by atoms with Crippen molar-refractivity contribution < 1.29 is 0 Å². The fraction of sp³-hybridized carbons (Fsp3) is 0.412. The lowest BCUT2D eigenvalue weighted by atomic mass is 10.3. The molecule has 0 saturated heterocycles. The molecule has 0 amide bonds. The minimum atomic E-state index is 1.03. The van der Waals surface area contributed by atoms with Gasteiger partial charge in [-0.3, -0.25) is 9.97 Å². The van der Waals surface area contributed by atoms with Crippen LogP contribution in [0.2, 0.25) is 0 Å². The molecule has 0 fully saturated rings. The molecule has 0 aliphatic carbocycles. The molecule has 0 aliphatic heterocycles. The van der Waals surface area contributed by atoms with Gasteiger partial charge in [0, 0.05) is 23.8 Å². The van der Waals surface area contributed by atoms with Gasteiger partial charge in [0.2, 0.25) is 0 Å². The normalized spacial score (nSPS) is 8.63. The number of rotatable bonds is 2.